The summed E-state index contributed by atoms with van der Waals surface area (Å²) in [4.78, 5) is 0. The van der Waals surface area contributed by atoms with Crippen molar-refractivity contribution in [2.45, 2.75) is 0 Å². The van der Waals surface area contributed by atoms with Gasteiger partial charge in [0.15, 0.2) is 23.0 Å². The van der Waals surface area contributed by atoms with E-state index in [4.69, 9.17) is 28.4 Å². The molecule has 9 heteroatoms. The van der Waals surface area contributed by atoms with Gasteiger partial charge in [-0.25, -0.2) is 0 Å². The zero-order valence-corrected chi connectivity index (χ0v) is 17.2. The number of aromatic nitrogens is 3. The molecule has 0 amide bonds. The Balaban J connectivity index is 2.23. The van der Waals surface area contributed by atoms with E-state index in [1.165, 1.54) is 14.2 Å². The fourth-order valence-electron chi connectivity index (χ4n) is 3.11. The molecular weight excluding hydrogens is 378 g/mol. The first-order valence-electron chi connectivity index (χ1n) is 8.63. The van der Waals surface area contributed by atoms with Crippen LogP contribution >= 0.6 is 0 Å². The first kappa shape index (κ1) is 20.1. The summed E-state index contributed by atoms with van der Waals surface area (Å²) in [7, 11) is 9.31. The van der Waals surface area contributed by atoms with Crippen LogP contribution in [-0.4, -0.2) is 58.1 Å². The van der Waals surface area contributed by atoms with Crippen LogP contribution in [-0.2, 0) is 0 Å². The molecule has 3 aromatic rings. The molecule has 9 nitrogen and oxygen atoms in total. The van der Waals surface area contributed by atoms with Crippen molar-refractivity contribution in [3.63, 3.8) is 0 Å². The quantitative estimate of drug-likeness (QED) is 0.615. The fraction of sp³-hybridized carbons (Fsp3) is 0.300. The normalized spacial score (nSPS) is 10.4. The summed E-state index contributed by atoms with van der Waals surface area (Å²) in [5.74, 6) is 2.93. The molecule has 0 aliphatic heterocycles. The van der Waals surface area contributed by atoms with Crippen LogP contribution in [0.25, 0.3) is 22.5 Å². The van der Waals surface area contributed by atoms with Crippen LogP contribution in [0.2, 0.25) is 0 Å². The summed E-state index contributed by atoms with van der Waals surface area (Å²) < 4.78 is 32.8. The highest BCUT2D eigenvalue weighted by Crippen LogP contribution is 2.50. The predicted octanol–water partition coefficient (Wildman–Crippen LogP) is 3.19. The van der Waals surface area contributed by atoms with E-state index in [1.807, 2.05) is 12.1 Å². The lowest BCUT2D eigenvalue weighted by Crippen LogP contribution is -2.00. The minimum absolute atomic E-state index is 0.394. The predicted molar refractivity (Wildman–Crippen MR) is 107 cm³/mol. The van der Waals surface area contributed by atoms with Gasteiger partial charge in [0.05, 0.1) is 48.2 Å². The van der Waals surface area contributed by atoms with E-state index in [0.29, 0.717) is 51.4 Å². The van der Waals surface area contributed by atoms with Gasteiger partial charge in [-0.2, -0.15) is 15.4 Å². The van der Waals surface area contributed by atoms with Gasteiger partial charge in [-0.15, -0.1) is 0 Å². The minimum Gasteiger partial charge on any atom is -0.493 e. The van der Waals surface area contributed by atoms with Gasteiger partial charge in [0.25, 0.3) is 0 Å². The molecule has 29 heavy (non-hydrogen) atoms. The van der Waals surface area contributed by atoms with Crippen molar-refractivity contribution in [1.29, 1.82) is 0 Å². The Morgan fingerprint density at radius 1 is 0.586 bits per heavy atom. The van der Waals surface area contributed by atoms with Crippen molar-refractivity contribution < 1.29 is 28.4 Å². The van der Waals surface area contributed by atoms with Crippen LogP contribution in [0.3, 0.4) is 0 Å². The van der Waals surface area contributed by atoms with E-state index in [2.05, 4.69) is 15.4 Å². The number of methoxy groups -OCH3 is 6. The second kappa shape index (κ2) is 8.59. The molecule has 2 aromatic carbocycles. The molecular formula is C20H23N3O6. The molecule has 0 atom stereocenters. The van der Waals surface area contributed by atoms with Gasteiger partial charge < -0.3 is 28.4 Å². The number of nitrogens with one attached hydrogen (secondary N) is 1. The van der Waals surface area contributed by atoms with Crippen LogP contribution in [0.1, 0.15) is 0 Å². The molecule has 1 aromatic heterocycles. The third kappa shape index (κ3) is 3.46. The Kier molecular flexibility index (Phi) is 5.96. The summed E-state index contributed by atoms with van der Waals surface area (Å²) in [5.41, 5.74) is 2.55. The highest BCUT2D eigenvalue weighted by Gasteiger charge is 2.26. The van der Waals surface area contributed by atoms with Gasteiger partial charge >= 0.3 is 0 Å². The topological polar surface area (TPSA) is 97.0 Å². The summed E-state index contributed by atoms with van der Waals surface area (Å²) in [6.07, 6.45) is 0. The summed E-state index contributed by atoms with van der Waals surface area (Å²) in [6, 6.07) is 7.26. The van der Waals surface area contributed by atoms with Crippen molar-refractivity contribution in [3.05, 3.63) is 24.3 Å². The zero-order chi connectivity index (χ0) is 21.0. The smallest absolute Gasteiger partial charge is 0.207 e. The van der Waals surface area contributed by atoms with E-state index < -0.39 is 0 Å². The second-order valence-corrected chi connectivity index (χ2v) is 5.82. The first-order chi connectivity index (χ1) is 14.1. The molecule has 3 rings (SSSR count). The maximum atomic E-state index is 5.62. The third-order valence-corrected chi connectivity index (χ3v) is 4.45. The number of H-pyrrole nitrogens is 1. The first-order valence-corrected chi connectivity index (χ1v) is 8.63. The number of hydrogen-bond acceptors (Lipinski definition) is 8. The van der Waals surface area contributed by atoms with Crippen LogP contribution in [0, 0.1) is 0 Å². The van der Waals surface area contributed by atoms with Gasteiger partial charge in [-0.05, 0) is 24.3 Å². The Morgan fingerprint density at radius 3 is 1.79 bits per heavy atom. The number of hydrogen-bond donors (Lipinski definition) is 1. The van der Waals surface area contributed by atoms with Crippen LogP contribution < -0.4 is 28.4 Å². The molecule has 154 valence electrons. The molecule has 0 aliphatic rings. The van der Waals surface area contributed by atoms with Crippen molar-refractivity contribution in [2.24, 2.45) is 0 Å². The van der Waals surface area contributed by atoms with Gasteiger partial charge in [-0.1, -0.05) is 0 Å². The zero-order valence-electron chi connectivity index (χ0n) is 17.2. The second-order valence-electron chi connectivity index (χ2n) is 5.82. The lowest BCUT2D eigenvalue weighted by molar-refractivity contribution is 0.306. The lowest BCUT2D eigenvalue weighted by Gasteiger charge is -2.18. The summed E-state index contributed by atoms with van der Waals surface area (Å²) in [6.45, 7) is 0. The number of nitrogens with zero attached hydrogens (tertiary/aromatic N) is 2. The maximum Gasteiger partial charge on any atom is 0.207 e. The van der Waals surface area contributed by atoms with Gasteiger partial charge in [0.2, 0.25) is 11.5 Å². The number of benzene rings is 2. The molecule has 1 N–H and O–H groups in total. The molecule has 0 spiro atoms. The van der Waals surface area contributed by atoms with Gasteiger partial charge in [0.1, 0.15) is 11.4 Å². The number of rotatable bonds is 8. The standard InChI is InChI=1S/C20H23N3O6/c1-24-13-8-7-11(9-14(13)25-2)16-17(22-23-21-16)12-10-15(26-3)19(28-5)20(29-6)18(12)27-4/h7-10H,1-6H3,(H,21,22,23). The Bertz CT molecular complexity index is 1000. The van der Waals surface area contributed by atoms with Crippen molar-refractivity contribution in [3.8, 4) is 57.0 Å². The van der Waals surface area contributed by atoms with E-state index in [9.17, 15) is 0 Å². The Morgan fingerprint density at radius 2 is 1.21 bits per heavy atom. The molecule has 0 aliphatic carbocycles. The Labute approximate surface area is 168 Å². The largest absolute Gasteiger partial charge is 0.493 e. The molecule has 0 fully saturated rings. The molecule has 0 bridgehead atoms. The highest BCUT2D eigenvalue weighted by molar-refractivity contribution is 5.85. The molecule has 0 saturated heterocycles. The number of ether oxygens (including phenoxy) is 6. The Hall–Kier alpha value is -3.62. The van der Waals surface area contributed by atoms with Crippen LogP contribution in [0.4, 0.5) is 0 Å². The molecule has 0 saturated carbocycles. The van der Waals surface area contributed by atoms with Crippen molar-refractivity contribution in [1.82, 2.24) is 15.4 Å². The summed E-state index contributed by atoms with van der Waals surface area (Å²) >= 11 is 0. The average molecular weight is 401 g/mol. The monoisotopic (exact) mass is 401 g/mol. The third-order valence-electron chi connectivity index (χ3n) is 4.45. The average Bonchev–Trinajstić information content (AvgIpc) is 3.26. The van der Waals surface area contributed by atoms with E-state index in [1.54, 1.807) is 40.6 Å². The molecule has 0 unspecified atom stereocenters. The van der Waals surface area contributed by atoms with Crippen molar-refractivity contribution in [2.75, 3.05) is 42.7 Å². The van der Waals surface area contributed by atoms with Crippen molar-refractivity contribution >= 4 is 0 Å². The maximum absolute atomic E-state index is 5.62. The number of aromatic amines is 1. The molecule has 1 heterocycles. The summed E-state index contributed by atoms with van der Waals surface area (Å²) in [5, 5.41) is 11.3. The lowest BCUT2D eigenvalue weighted by atomic mass is 10.0. The van der Waals surface area contributed by atoms with Gasteiger partial charge in [-0.3, -0.25) is 0 Å². The highest BCUT2D eigenvalue weighted by atomic mass is 16.5. The van der Waals surface area contributed by atoms with Crippen LogP contribution in [0.15, 0.2) is 24.3 Å². The SMILES string of the molecule is COc1ccc(-c2n[nH]nc2-c2cc(OC)c(OC)c(OC)c2OC)cc1OC. The minimum atomic E-state index is 0.394. The van der Waals surface area contributed by atoms with E-state index >= 15 is 0 Å². The van der Waals surface area contributed by atoms with Gasteiger partial charge in [0, 0.05) is 5.56 Å². The van der Waals surface area contributed by atoms with Crippen LogP contribution in [0.5, 0.6) is 34.5 Å². The fourth-order valence-corrected chi connectivity index (χ4v) is 3.11. The van der Waals surface area contributed by atoms with E-state index in [-0.39, 0.29) is 0 Å². The van der Waals surface area contributed by atoms with E-state index in [0.717, 1.165) is 5.56 Å². The molecule has 0 radical (unpaired) electrons.